The molecule has 0 saturated heterocycles. The topological polar surface area (TPSA) is 43.4 Å². The predicted molar refractivity (Wildman–Crippen MR) is 124 cm³/mol. The highest BCUT2D eigenvalue weighted by atomic mass is 32.2. The number of aryl methyl sites for hydroxylation is 1. The van der Waals surface area contributed by atoms with E-state index in [9.17, 15) is 8.42 Å². The summed E-state index contributed by atoms with van der Waals surface area (Å²) in [4.78, 5) is 0.298. The summed E-state index contributed by atoms with van der Waals surface area (Å²) in [5.74, 6) is 7.02. The Kier molecular flexibility index (Phi) is 4.55. The van der Waals surface area contributed by atoms with Crippen LogP contribution < -0.4 is 0 Å². The van der Waals surface area contributed by atoms with Gasteiger partial charge in [0.1, 0.15) is 0 Å². The Balaban J connectivity index is 1.18. The average molecular weight is 453 g/mol. The van der Waals surface area contributed by atoms with E-state index in [1.165, 1.54) is 57.8 Å². The van der Waals surface area contributed by atoms with Gasteiger partial charge in [-0.1, -0.05) is 28.8 Å². The van der Waals surface area contributed by atoms with E-state index in [0.717, 1.165) is 41.1 Å². The molecule has 8 aliphatic rings. The minimum Gasteiger partial charge on any atom is -0.266 e. The van der Waals surface area contributed by atoms with Gasteiger partial charge in [-0.2, -0.15) is 8.42 Å². The van der Waals surface area contributed by atoms with Crippen molar-refractivity contribution in [2.45, 2.75) is 69.6 Å². The van der Waals surface area contributed by atoms with Gasteiger partial charge in [0.2, 0.25) is 0 Å². The largest absolute Gasteiger partial charge is 0.296 e. The maximum Gasteiger partial charge on any atom is 0.296 e. The van der Waals surface area contributed by atoms with Crippen LogP contribution in [0.15, 0.2) is 40.3 Å². The van der Waals surface area contributed by atoms with E-state index in [-0.39, 0.29) is 0 Å². The van der Waals surface area contributed by atoms with Crippen LogP contribution in [0.2, 0.25) is 0 Å². The molecule has 4 heteroatoms. The lowest BCUT2D eigenvalue weighted by Crippen LogP contribution is -2.51. The summed E-state index contributed by atoms with van der Waals surface area (Å²) in [7, 11) is -3.68. The second-order valence-corrected chi connectivity index (χ2v) is 13.9. The first kappa shape index (κ1) is 20.3. The Morgan fingerprint density at radius 3 is 2.00 bits per heavy atom. The molecular formula is C28H36O3S. The second-order valence-electron chi connectivity index (χ2n) is 12.3. The normalized spacial score (nSPS) is 44.0. The molecule has 5 atom stereocenters. The summed E-state index contributed by atoms with van der Waals surface area (Å²) in [6, 6.07) is 7.08. The number of allylic oxidation sites excluding steroid dienone is 2. The van der Waals surface area contributed by atoms with Crippen LogP contribution in [-0.4, -0.2) is 15.0 Å². The second kappa shape index (κ2) is 7.18. The minimum absolute atomic E-state index is 0.298. The van der Waals surface area contributed by atoms with E-state index in [4.69, 9.17) is 4.18 Å². The number of benzene rings is 1. The molecule has 0 radical (unpaired) electrons. The predicted octanol–water partition coefficient (Wildman–Crippen LogP) is 6.14. The first-order valence-electron chi connectivity index (χ1n) is 13.1. The fourth-order valence-corrected chi connectivity index (χ4v) is 10.6. The summed E-state index contributed by atoms with van der Waals surface area (Å²) < 4.78 is 31.6. The van der Waals surface area contributed by atoms with Gasteiger partial charge in [-0.25, -0.2) is 0 Å². The molecule has 8 saturated carbocycles. The van der Waals surface area contributed by atoms with Crippen LogP contribution in [0.1, 0.15) is 63.4 Å². The number of hydrogen-bond donors (Lipinski definition) is 0. The molecule has 8 bridgehead atoms. The van der Waals surface area contributed by atoms with Gasteiger partial charge in [0.05, 0.1) is 11.5 Å². The first-order valence-corrected chi connectivity index (χ1v) is 14.6. The van der Waals surface area contributed by atoms with Crippen molar-refractivity contribution < 1.29 is 12.6 Å². The molecule has 3 nitrogen and oxygen atoms in total. The maximum atomic E-state index is 12.9. The Morgan fingerprint density at radius 1 is 0.750 bits per heavy atom. The molecule has 0 aromatic heterocycles. The molecule has 172 valence electrons. The van der Waals surface area contributed by atoms with Crippen molar-refractivity contribution in [3.05, 3.63) is 41.0 Å². The van der Waals surface area contributed by atoms with Crippen LogP contribution in [0.4, 0.5) is 0 Å². The van der Waals surface area contributed by atoms with Gasteiger partial charge in [0.15, 0.2) is 0 Å². The van der Waals surface area contributed by atoms with Crippen LogP contribution >= 0.6 is 0 Å². The molecule has 0 heterocycles. The van der Waals surface area contributed by atoms with Crippen molar-refractivity contribution in [3.63, 3.8) is 0 Å². The van der Waals surface area contributed by atoms with E-state index in [1.54, 1.807) is 12.1 Å². The van der Waals surface area contributed by atoms with E-state index in [0.29, 0.717) is 29.3 Å². The fourth-order valence-electron chi connectivity index (χ4n) is 9.61. The van der Waals surface area contributed by atoms with Crippen LogP contribution in [0.5, 0.6) is 0 Å². The molecule has 0 spiro atoms. The summed E-state index contributed by atoms with van der Waals surface area (Å²) in [6.07, 6.45) is 12.6. The Labute approximate surface area is 193 Å². The maximum absolute atomic E-state index is 12.9. The van der Waals surface area contributed by atoms with Crippen LogP contribution in [0.25, 0.3) is 0 Å². The smallest absolute Gasteiger partial charge is 0.266 e. The lowest BCUT2D eigenvalue weighted by molar-refractivity contribution is -0.0187. The van der Waals surface area contributed by atoms with Gasteiger partial charge in [-0.15, -0.1) is 0 Å². The zero-order chi connectivity index (χ0) is 21.6. The van der Waals surface area contributed by atoms with Crippen LogP contribution in [0.3, 0.4) is 0 Å². The third kappa shape index (κ3) is 3.11. The lowest BCUT2D eigenvalue weighted by Gasteiger charge is -2.60. The van der Waals surface area contributed by atoms with Crippen molar-refractivity contribution in [2.75, 3.05) is 6.61 Å². The Hall–Kier alpha value is -1.13. The quantitative estimate of drug-likeness (QED) is 0.407. The zero-order valence-electron chi connectivity index (χ0n) is 19.2. The molecule has 9 rings (SSSR count). The van der Waals surface area contributed by atoms with Gasteiger partial charge >= 0.3 is 0 Å². The zero-order valence-corrected chi connectivity index (χ0v) is 20.0. The Morgan fingerprint density at radius 2 is 1.34 bits per heavy atom. The van der Waals surface area contributed by atoms with E-state index in [2.05, 4.69) is 0 Å². The summed E-state index contributed by atoms with van der Waals surface area (Å²) in [5, 5.41) is 0. The molecule has 8 fully saturated rings. The molecule has 0 N–H and O–H groups in total. The third-order valence-corrected chi connectivity index (χ3v) is 11.8. The average Bonchev–Trinajstić information content (AvgIpc) is 2.74. The van der Waals surface area contributed by atoms with Crippen molar-refractivity contribution in [1.82, 2.24) is 0 Å². The van der Waals surface area contributed by atoms with Crippen molar-refractivity contribution in [3.8, 4) is 0 Å². The van der Waals surface area contributed by atoms with Crippen molar-refractivity contribution >= 4 is 10.1 Å². The number of rotatable bonds is 4. The van der Waals surface area contributed by atoms with Crippen LogP contribution in [0, 0.1) is 60.2 Å². The van der Waals surface area contributed by atoms with E-state index in [1.807, 2.05) is 30.2 Å². The fraction of sp³-hybridized carbons (Fsp3) is 0.714. The highest BCUT2D eigenvalue weighted by molar-refractivity contribution is 7.86. The van der Waals surface area contributed by atoms with E-state index >= 15 is 0 Å². The first-order chi connectivity index (χ1) is 15.4. The summed E-state index contributed by atoms with van der Waals surface area (Å²) in [5.41, 5.74) is 4.81. The molecule has 0 unspecified atom stereocenters. The van der Waals surface area contributed by atoms with Gasteiger partial charge in [-0.05, 0) is 130 Å². The molecule has 0 aliphatic heterocycles. The molecule has 8 aliphatic carbocycles. The van der Waals surface area contributed by atoms with Gasteiger partial charge in [-0.3, -0.25) is 4.18 Å². The molecule has 1 aromatic carbocycles. The molecular weight excluding hydrogens is 416 g/mol. The molecule has 1 aromatic rings. The summed E-state index contributed by atoms with van der Waals surface area (Å²) >= 11 is 0. The van der Waals surface area contributed by atoms with E-state index < -0.39 is 10.1 Å². The van der Waals surface area contributed by atoms with Crippen LogP contribution in [-0.2, 0) is 14.3 Å². The SMILES string of the molecule is Cc1ccc(S(=O)(=O)OC[C@H]2[C@@H]3C[C@H]4C[C@@H](C3)C(=C3C5CC6CC(C5)CC3C6)[C@@H]2C4)cc1. The van der Waals surface area contributed by atoms with Crippen molar-refractivity contribution in [2.24, 2.45) is 53.3 Å². The minimum atomic E-state index is -3.68. The molecule has 32 heavy (non-hydrogen) atoms. The van der Waals surface area contributed by atoms with Gasteiger partial charge in [0.25, 0.3) is 10.1 Å². The monoisotopic (exact) mass is 452 g/mol. The van der Waals surface area contributed by atoms with Crippen molar-refractivity contribution in [1.29, 1.82) is 0 Å². The summed E-state index contributed by atoms with van der Waals surface area (Å²) in [6.45, 7) is 2.35. The third-order valence-electron chi connectivity index (χ3n) is 10.5. The molecule has 0 amide bonds. The highest BCUT2D eigenvalue weighted by Gasteiger charge is 2.55. The standard InChI is InChI=1S/C28H36O3S/c1-16-2-4-24(5-3-16)32(29,30)31-15-26-20-7-19-12-23(14-20)28(25(26)13-19)27-21-8-17-6-18(10-21)11-22(27)9-17/h2-5,17-23,25-26H,6-15H2,1H3/t17?,18?,19-,20+,21?,22?,23-,25+,26-/m0/s1. The van der Waals surface area contributed by atoms with Gasteiger partial charge in [0, 0.05) is 0 Å². The number of hydrogen-bond acceptors (Lipinski definition) is 3. The Bertz CT molecular complexity index is 1020. The highest BCUT2D eigenvalue weighted by Crippen LogP contribution is 2.64. The lowest BCUT2D eigenvalue weighted by atomic mass is 9.46. The van der Waals surface area contributed by atoms with Gasteiger partial charge < -0.3 is 0 Å².